The van der Waals surface area contributed by atoms with Gasteiger partial charge in [-0.15, -0.1) is 0 Å². The minimum Gasteiger partial charge on any atom is -0.377 e. The summed E-state index contributed by atoms with van der Waals surface area (Å²) >= 11 is 0. The van der Waals surface area contributed by atoms with Gasteiger partial charge in [-0.2, -0.15) is 5.10 Å². The Hall–Kier alpha value is -3.79. The van der Waals surface area contributed by atoms with Gasteiger partial charge in [-0.3, -0.25) is 9.89 Å². The lowest BCUT2D eigenvalue weighted by atomic mass is 9.79. The molecule has 1 aromatic carbocycles. The zero-order valence-electron chi connectivity index (χ0n) is 20.7. The van der Waals surface area contributed by atoms with Gasteiger partial charge in [-0.25, -0.2) is 9.37 Å². The van der Waals surface area contributed by atoms with Gasteiger partial charge in [0.15, 0.2) is 0 Å². The van der Waals surface area contributed by atoms with E-state index in [1.54, 1.807) is 23.2 Å². The van der Waals surface area contributed by atoms with E-state index in [-0.39, 0.29) is 23.9 Å². The largest absolute Gasteiger partial charge is 0.377 e. The van der Waals surface area contributed by atoms with E-state index in [1.165, 1.54) is 12.3 Å². The van der Waals surface area contributed by atoms with Gasteiger partial charge in [0.05, 0.1) is 25.5 Å². The van der Waals surface area contributed by atoms with Crippen LogP contribution in [0.25, 0.3) is 11.1 Å². The molecule has 4 fully saturated rings. The average Bonchev–Trinajstić information content (AvgIpc) is 3.42. The fourth-order valence-corrected chi connectivity index (χ4v) is 5.84. The Labute approximate surface area is 214 Å². The van der Waals surface area contributed by atoms with Crippen molar-refractivity contribution >= 4 is 35.3 Å². The number of piperidine rings is 2. The summed E-state index contributed by atoms with van der Waals surface area (Å²) in [5.74, 6) is 1.43. The first-order valence-electron chi connectivity index (χ1n) is 12.8. The van der Waals surface area contributed by atoms with Crippen LogP contribution in [0.5, 0.6) is 0 Å². The zero-order chi connectivity index (χ0) is 25.5. The molecule has 10 heteroatoms. The van der Waals surface area contributed by atoms with E-state index in [9.17, 15) is 4.79 Å². The second kappa shape index (κ2) is 9.59. The number of halogens is 1. The molecule has 3 aromatic rings. The molecule has 1 saturated carbocycles. The first-order chi connectivity index (χ1) is 18.0. The number of aromatic nitrogens is 3. The molecule has 2 bridgehead atoms. The van der Waals surface area contributed by atoms with E-state index in [1.807, 2.05) is 12.1 Å². The molecule has 0 unspecified atom stereocenters. The minimum atomic E-state index is -0.436. The maximum Gasteiger partial charge on any atom is 0.230 e. The first kappa shape index (κ1) is 23.6. The third kappa shape index (κ3) is 4.25. The summed E-state index contributed by atoms with van der Waals surface area (Å²) in [6.07, 6.45) is 6.59. The summed E-state index contributed by atoms with van der Waals surface area (Å²) in [4.78, 5) is 21.7. The monoisotopic (exact) mass is 503 g/mol. The number of rotatable bonds is 6. The van der Waals surface area contributed by atoms with Gasteiger partial charge in [0.2, 0.25) is 5.91 Å². The molecule has 0 spiro atoms. The van der Waals surface area contributed by atoms with Crippen LogP contribution in [0.4, 0.5) is 27.5 Å². The molecule has 3 N–H and O–H groups in total. The van der Waals surface area contributed by atoms with Crippen molar-refractivity contribution in [1.29, 1.82) is 5.41 Å². The predicted molar refractivity (Wildman–Crippen MR) is 140 cm³/mol. The highest BCUT2D eigenvalue weighted by Crippen LogP contribution is 2.41. The number of hydrogen-bond acceptors (Lipinski definition) is 7. The lowest BCUT2D eigenvalue weighted by Crippen LogP contribution is -2.52. The third-order valence-corrected chi connectivity index (χ3v) is 7.77. The number of aromatic amines is 1. The zero-order valence-corrected chi connectivity index (χ0v) is 20.7. The number of amides is 1. The predicted octanol–water partition coefficient (Wildman–Crippen LogP) is 4.48. The van der Waals surface area contributed by atoms with Gasteiger partial charge in [-0.05, 0) is 56.9 Å². The highest BCUT2D eigenvalue weighted by atomic mass is 19.1. The van der Waals surface area contributed by atoms with Gasteiger partial charge in [-0.1, -0.05) is 0 Å². The van der Waals surface area contributed by atoms with Gasteiger partial charge in [0, 0.05) is 53.2 Å². The molecule has 5 heterocycles. The number of nitrogens with one attached hydrogen (secondary N) is 3. The molecule has 1 aliphatic carbocycles. The molecule has 192 valence electrons. The Kier molecular flexibility index (Phi) is 6.11. The summed E-state index contributed by atoms with van der Waals surface area (Å²) in [7, 11) is 0. The van der Waals surface area contributed by atoms with E-state index in [4.69, 9.17) is 15.1 Å². The normalized spacial score (nSPS) is 23.4. The van der Waals surface area contributed by atoms with E-state index < -0.39 is 5.82 Å². The second-order valence-corrected chi connectivity index (χ2v) is 10.0. The van der Waals surface area contributed by atoms with Crippen LogP contribution in [-0.4, -0.2) is 59.1 Å². The number of carbonyl (C=O) groups excluding carboxylic acids is 1. The summed E-state index contributed by atoms with van der Waals surface area (Å²) in [5, 5.41) is 18.2. The molecule has 7 rings (SSSR count). The molecule has 37 heavy (non-hydrogen) atoms. The Morgan fingerprint density at radius 2 is 2.03 bits per heavy atom. The molecule has 1 amide bonds. The highest BCUT2D eigenvalue weighted by Gasteiger charge is 2.41. The minimum absolute atomic E-state index is 0.0478. The first-order valence-corrected chi connectivity index (χ1v) is 12.8. The van der Waals surface area contributed by atoms with Crippen molar-refractivity contribution in [3.8, 4) is 11.1 Å². The third-order valence-electron chi connectivity index (χ3n) is 7.77. The molecular formula is C27H30FN7O2. The number of pyridine rings is 1. The number of hydrogen-bond donors (Lipinski definition) is 3. The Morgan fingerprint density at radius 3 is 2.70 bits per heavy atom. The van der Waals surface area contributed by atoms with Crippen LogP contribution < -0.4 is 15.1 Å². The number of carbonyl (C=O) groups is 1. The van der Waals surface area contributed by atoms with Crippen molar-refractivity contribution in [2.75, 3.05) is 34.9 Å². The number of anilines is 4. The SMILES string of the molecule is C[C@@H]1COCCN1c1cc(-c2ccc(N3C(=O)C4CCC3CC4)cc2F)c(C=N)c(Nc2ccn[nH]2)n1. The molecule has 3 saturated heterocycles. The summed E-state index contributed by atoms with van der Waals surface area (Å²) in [6, 6.07) is 8.83. The number of morpholine rings is 1. The summed E-state index contributed by atoms with van der Waals surface area (Å²) in [6.45, 7) is 3.86. The van der Waals surface area contributed by atoms with Crippen molar-refractivity contribution < 1.29 is 13.9 Å². The number of nitrogens with zero attached hydrogens (tertiary/aromatic N) is 4. The Bertz CT molecular complexity index is 1320. The van der Waals surface area contributed by atoms with Gasteiger partial charge >= 0.3 is 0 Å². The van der Waals surface area contributed by atoms with Crippen LogP contribution in [-0.2, 0) is 9.53 Å². The molecule has 2 aromatic heterocycles. The van der Waals surface area contributed by atoms with E-state index in [0.717, 1.165) is 25.7 Å². The summed E-state index contributed by atoms with van der Waals surface area (Å²) < 4.78 is 21.4. The van der Waals surface area contributed by atoms with Crippen molar-refractivity contribution in [2.24, 2.45) is 5.92 Å². The molecule has 3 aliphatic heterocycles. The molecular weight excluding hydrogens is 473 g/mol. The molecule has 1 atom stereocenters. The quantitative estimate of drug-likeness (QED) is 0.428. The topological polar surface area (TPSA) is 110 Å². The fourth-order valence-electron chi connectivity index (χ4n) is 5.84. The van der Waals surface area contributed by atoms with Crippen LogP contribution in [0.1, 0.15) is 38.2 Å². The fraction of sp³-hybridized carbons (Fsp3) is 0.407. The van der Waals surface area contributed by atoms with Crippen molar-refractivity contribution in [3.63, 3.8) is 0 Å². The van der Waals surface area contributed by atoms with Crippen LogP contribution in [0.3, 0.4) is 0 Å². The maximum atomic E-state index is 15.8. The van der Waals surface area contributed by atoms with E-state index in [0.29, 0.717) is 59.6 Å². The Balaban J connectivity index is 1.43. The van der Waals surface area contributed by atoms with Crippen molar-refractivity contribution in [3.05, 3.63) is 47.9 Å². The molecule has 9 nitrogen and oxygen atoms in total. The van der Waals surface area contributed by atoms with Crippen LogP contribution >= 0.6 is 0 Å². The average molecular weight is 504 g/mol. The maximum absolute atomic E-state index is 15.8. The number of fused-ring (bicyclic) bond motifs is 3. The molecule has 0 radical (unpaired) electrons. The van der Waals surface area contributed by atoms with Gasteiger partial charge in [0.25, 0.3) is 0 Å². The summed E-state index contributed by atoms with van der Waals surface area (Å²) in [5.41, 5.74) is 1.97. The van der Waals surface area contributed by atoms with Crippen LogP contribution in [0.15, 0.2) is 36.5 Å². The van der Waals surface area contributed by atoms with Crippen molar-refractivity contribution in [1.82, 2.24) is 15.2 Å². The molecule has 4 aliphatic rings. The van der Waals surface area contributed by atoms with Gasteiger partial charge in [0.1, 0.15) is 23.3 Å². The van der Waals surface area contributed by atoms with E-state index in [2.05, 4.69) is 27.3 Å². The number of benzene rings is 1. The van der Waals surface area contributed by atoms with Crippen LogP contribution in [0, 0.1) is 17.1 Å². The lowest BCUT2D eigenvalue weighted by molar-refractivity contribution is -0.126. The number of ether oxygens (including phenoxy) is 1. The van der Waals surface area contributed by atoms with Crippen molar-refractivity contribution in [2.45, 2.75) is 44.7 Å². The lowest BCUT2D eigenvalue weighted by Gasteiger charge is -2.44. The van der Waals surface area contributed by atoms with E-state index >= 15 is 4.39 Å². The second-order valence-electron chi connectivity index (χ2n) is 10.0. The number of H-pyrrole nitrogens is 1. The smallest absolute Gasteiger partial charge is 0.230 e. The Morgan fingerprint density at radius 1 is 1.19 bits per heavy atom. The van der Waals surface area contributed by atoms with Gasteiger partial charge < -0.3 is 25.3 Å². The highest BCUT2D eigenvalue weighted by molar-refractivity contribution is 5.99. The standard InChI is InChI=1S/C27H30FN7O2/c1-16-15-37-11-10-34(16)25-13-21(22(14-29)26(32-25)31-24-8-9-30-33-24)20-7-6-19(12-23(20)28)35-18-4-2-17(3-5-18)27(35)36/h6-9,12-14,16-18,29H,2-5,10-11,15H2,1H3,(H2,30,31,32,33)/t16-,17?,18?/m1/s1. The van der Waals surface area contributed by atoms with Crippen LogP contribution in [0.2, 0.25) is 0 Å².